The molecule has 2 atom stereocenters. The third kappa shape index (κ3) is 2.57. The third-order valence-electron chi connectivity index (χ3n) is 4.61. The molecule has 2 saturated heterocycles. The van der Waals surface area contributed by atoms with Gasteiger partial charge in [-0.05, 0) is 36.8 Å². The number of anilines is 1. The number of rotatable bonds is 3. The summed E-state index contributed by atoms with van der Waals surface area (Å²) in [5.74, 6) is 1.25. The molecule has 2 heterocycles. The van der Waals surface area contributed by atoms with Crippen LogP contribution in [0.1, 0.15) is 16.5 Å². The Morgan fingerprint density at radius 1 is 1.04 bits per heavy atom. The number of aryl methyl sites for hydroxylation is 1. The van der Waals surface area contributed by atoms with E-state index in [1.165, 1.54) is 4.90 Å². The maximum absolute atomic E-state index is 13.0. The predicted octanol–water partition coefficient (Wildman–Crippen LogP) is 3.59. The number of nitrogens with zero attached hydrogens (tertiary/aromatic N) is 2. The minimum atomic E-state index is -0.397. The minimum Gasteiger partial charge on any atom is -0.497 e. The fraction of sp³-hybridized carbons (Fsp3) is 0.263. The predicted molar refractivity (Wildman–Crippen MR) is 97.9 cm³/mol. The topological polar surface area (TPSA) is 49.9 Å². The second-order valence-electron chi connectivity index (χ2n) is 6.17. The van der Waals surface area contributed by atoms with Crippen molar-refractivity contribution < 1.29 is 14.3 Å². The smallest absolute Gasteiger partial charge is 0.333 e. The van der Waals surface area contributed by atoms with Crippen molar-refractivity contribution in [3.8, 4) is 5.75 Å². The van der Waals surface area contributed by atoms with Gasteiger partial charge in [-0.3, -0.25) is 9.69 Å². The highest BCUT2D eigenvalue weighted by Crippen LogP contribution is 2.46. The number of hydrogen-bond donors (Lipinski definition) is 0. The van der Waals surface area contributed by atoms with Crippen LogP contribution in [0.25, 0.3) is 0 Å². The fourth-order valence-electron chi connectivity index (χ4n) is 3.25. The SMILES string of the molecule is COc1ccc(C2SCC3C(=O)N(c4ccc(C)cc4)C(=O)N32)cc1. The summed E-state index contributed by atoms with van der Waals surface area (Å²) in [5.41, 5.74) is 2.73. The van der Waals surface area contributed by atoms with Gasteiger partial charge in [-0.15, -0.1) is 11.8 Å². The number of imide groups is 1. The average molecular weight is 354 g/mol. The van der Waals surface area contributed by atoms with E-state index in [9.17, 15) is 9.59 Å². The number of ether oxygens (including phenoxy) is 1. The number of benzene rings is 2. The van der Waals surface area contributed by atoms with E-state index >= 15 is 0 Å². The van der Waals surface area contributed by atoms with Gasteiger partial charge in [0.1, 0.15) is 17.2 Å². The zero-order valence-electron chi connectivity index (χ0n) is 14.0. The molecule has 0 radical (unpaired) electrons. The first kappa shape index (κ1) is 16.0. The van der Waals surface area contributed by atoms with Crippen LogP contribution in [-0.2, 0) is 4.79 Å². The Balaban J connectivity index is 1.65. The lowest BCUT2D eigenvalue weighted by atomic mass is 10.2. The van der Waals surface area contributed by atoms with Gasteiger partial charge in [0, 0.05) is 5.75 Å². The van der Waals surface area contributed by atoms with Crippen LogP contribution in [-0.4, -0.2) is 35.7 Å². The van der Waals surface area contributed by atoms with Crippen molar-refractivity contribution in [2.75, 3.05) is 17.8 Å². The van der Waals surface area contributed by atoms with Gasteiger partial charge in [0.05, 0.1) is 12.8 Å². The number of methoxy groups -OCH3 is 1. The van der Waals surface area contributed by atoms with Crippen molar-refractivity contribution in [2.45, 2.75) is 18.3 Å². The van der Waals surface area contributed by atoms with Gasteiger partial charge in [-0.25, -0.2) is 9.69 Å². The molecule has 2 aliphatic rings. The number of carbonyl (C=O) groups excluding carboxylic acids is 2. The molecule has 25 heavy (non-hydrogen) atoms. The first-order valence-corrected chi connectivity index (χ1v) is 9.13. The summed E-state index contributed by atoms with van der Waals surface area (Å²) in [4.78, 5) is 28.8. The highest BCUT2D eigenvalue weighted by Gasteiger charge is 2.53. The molecule has 5 nitrogen and oxygen atoms in total. The fourth-order valence-corrected chi connectivity index (χ4v) is 4.66. The largest absolute Gasteiger partial charge is 0.497 e. The van der Waals surface area contributed by atoms with E-state index in [-0.39, 0.29) is 17.3 Å². The highest BCUT2D eigenvalue weighted by molar-refractivity contribution is 7.99. The van der Waals surface area contributed by atoms with Gasteiger partial charge in [0.2, 0.25) is 0 Å². The Hall–Kier alpha value is -2.47. The first-order valence-electron chi connectivity index (χ1n) is 8.08. The summed E-state index contributed by atoms with van der Waals surface area (Å²) in [6.45, 7) is 1.98. The summed E-state index contributed by atoms with van der Waals surface area (Å²) in [6.07, 6.45) is 0. The molecule has 0 aromatic heterocycles. The standard InChI is InChI=1S/C19H18N2O3S/c1-12-3-7-14(8-4-12)20-17(22)16-11-25-18(21(16)19(20)23)13-5-9-15(24-2)10-6-13/h3-10,16,18H,11H2,1-2H3. The summed E-state index contributed by atoms with van der Waals surface area (Å²) in [7, 11) is 1.62. The van der Waals surface area contributed by atoms with Gasteiger partial charge in [-0.2, -0.15) is 0 Å². The van der Waals surface area contributed by atoms with Gasteiger partial charge >= 0.3 is 6.03 Å². The zero-order chi connectivity index (χ0) is 17.6. The Bertz CT molecular complexity index is 820. The van der Waals surface area contributed by atoms with Crippen molar-refractivity contribution in [1.29, 1.82) is 0 Å². The van der Waals surface area contributed by atoms with Gasteiger partial charge in [0.25, 0.3) is 5.91 Å². The van der Waals surface area contributed by atoms with Crippen molar-refractivity contribution in [3.05, 3.63) is 59.7 Å². The lowest BCUT2D eigenvalue weighted by Crippen LogP contribution is -2.33. The van der Waals surface area contributed by atoms with Crippen LogP contribution in [0, 0.1) is 6.92 Å². The van der Waals surface area contributed by atoms with Crippen LogP contribution >= 0.6 is 11.8 Å². The van der Waals surface area contributed by atoms with E-state index in [2.05, 4.69) is 0 Å². The van der Waals surface area contributed by atoms with Gasteiger partial charge in [-0.1, -0.05) is 29.8 Å². The molecular formula is C19H18N2O3S. The maximum atomic E-state index is 13.0. The van der Waals surface area contributed by atoms with E-state index in [1.807, 2.05) is 55.5 Å². The minimum absolute atomic E-state index is 0.141. The quantitative estimate of drug-likeness (QED) is 0.791. The number of amides is 3. The van der Waals surface area contributed by atoms with Crippen LogP contribution in [0.4, 0.5) is 10.5 Å². The molecule has 3 amide bonds. The van der Waals surface area contributed by atoms with Crippen molar-refractivity contribution in [2.24, 2.45) is 0 Å². The van der Waals surface area contributed by atoms with E-state index in [4.69, 9.17) is 4.74 Å². The number of urea groups is 1. The van der Waals surface area contributed by atoms with E-state index in [1.54, 1.807) is 23.8 Å². The molecule has 0 bridgehead atoms. The molecule has 2 aromatic carbocycles. The average Bonchev–Trinajstić information content (AvgIpc) is 3.17. The summed E-state index contributed by atoms with van der Waals surface area (Å²) in [5, 5.41) is -0.150. The summed E-state index contributed by atoms with van der Waals surface area (Å²) >= 11 is 1.62. The lowest BCUT2D eigenvalue weighted by Gasteiger charge is -2.23. The molecule has 4 rings (SSSR count). The molecule has 2 fully saturated rings. The van der Waals surface area contributed by atoms with Crippen LogP contribution in [0.5, 0.6) is 5.75 Å². The van der Waals surface area contributed by atoms with Crippen LogP contribution in [0.2, 0.25) is 0 Å². The number of carbonyl (C=O) groups is 2. The lowest BCUT2D eigenvalue weighted by molar-refractivity contribution is -0.119. The second kappa shape index (κ2) is 6.11. The Kier molecular flexibility index (Phi) is 3.92. The second-order valence-corrected chi connectivity index (χ2v) is 7.29. The first-order chi connectivity index (χ1) is 12.1. The van der Waals surface area contributed by atoms with Crippen molar-refractivity contribution >= 4 is 29.4 Å². The Morgan fingerprint density at radius 3 is 2.36 bits per heavy atom. The van der Waals surface area contributed by atoms with E-state index in [0.29, 0.717) is 11.4 Å². The number of hydrogen-bond acceptors (Lipinski definition) is 4. The molecule has 2 aliphatic heterocycles. The Morgan fingerprint density at radius 2 is 1.72 bits per heavy atom. The molecule has 2 aromatic rings. The van der Waals surface area contributed by atoms with Gasteiger partial charge in [0.15, 0.2) is 0 Å². The molecule has 6 heteroatoms. The van der Waals surface area contributed by atoms with Crippen molar-refractivity contribution in [3.63, 3.8) is 0 Å². The maximum Gasteiger partial charge on any atom is 0.333 e. The van der Waals surface area contributed by atoms with E-state index < -0.39 is 6.04 Å². The van der Waals surface area contributed by atoms with Gasteiger partial charge < -0.3 is 4.74 Å². The Labute approximate surface area is 150 Å². The zero-order valence-corrected chi connectivity index (χ0v) is 14.8. The molecule has 0 N–H and O–H groups in total. The normalized spacial score (nSPS) is 22.5. The summed E-state index contributed by atoms with van der Waals surface area (Å²) in [6, 6.07) is 14.5. The summed E-state index contributed by atoms with van der Waals surface area (Å²) < 4.78 is 5.19. The van der Waals surface area contributed by atoms with E-state index in [0.717, 1.165) is 16.9 Å². The number of thioether (sulfide) groups is 1. The van der Waals surface area contributed by atoms with Crippen LogP contribution in [0.3, 0.4) is 0 Å². The molecule has 0 aliphatic carbocycles. The monoisotopic (exact) mass is 354 g/mol. The molecule has 0 spiro atoms. The number of fused-ring (bicyclic) bond motifs is 1. The third-order valence-corrected chi connectivity index (χ3v) is 5.93. The van der Waals surface area contributed by atoms with Crippen LogP contribution in [0.15, 0.2) is 48.5 Å². The molecule has 128 valence electrons. The van der Waals surface area contributed by atoms with Crippen LogP contribution < -0.4 is 9.64 Å². The molecule has 0 saturated carbocycles. The molecular weight excluding hydrogens is 336 g/mol. The van der Waals surface area contributed by atoms with Crippen molar-refractivity contribution in [1.82, 2.24) is 4.90 Å². The molecule has 2 unspecified atom stereocenters. The highest BCUT2D eigenvalue weighted by atomic mass is 32.2.